The van der Waals surface area contributed by atoms with Crippen LogP contribution in [0.25, 0.3) is 0 Å². The van der Waals surface area contributed by atoms with Crippen molar-refractivity contribution in [1.82, 2.24) is 4.90 Å². The molecule has 0 aliphatic carbocycles. The molecule has 2 rings (SSSR count). The molecule has 0 saturated heterocycles. The van der Waals surface area contributed by atoms with E-state index in [0.717, 1.165) is 11.8 Å². The molecule has 7 heteroatoms. The number of benzene rings is 2. The molecule has 0 fully saturated rings. The lowest BCUT2D eigenvalue weighted by Gasteiger charge is -2.17. The van der Waals surface area contributed by atoms with Gasteiger partial charge in [0.1, 0.15) is 5.82 Å². The lowest BCUT2D eigenvalue weighted by Crippen LogP contribution is -2.27. The summed E-state index contributed by atoms with van der Waals surface area (Å²) in [5, 5.41) is 0. The number of hydrogen-bond acceptors (Lipinski definition) is 4. The fraction of sp³-hybridized carbons (Fsp3) is 0.263. The van der Waals surface area contributed by atoms with Crippen LogP contribution in [0.5, 0.6) is 5.75 Å². The topological polar surface area (TPSA) is 46.6 Å². The van der Waals surface area contributed by atoms with Crippen molar-refractivity contribution < 1.29 is 23.1 Å². The van der Waals surface area contributed by atoms with Crippen molar-refractivity contribution in [2.45, 2.75) is 18.4 Å². The van der Waals surface area contributed by atoms with Gasteiger partial charge in [0, 0.05) is 24.1 Å². The van der Waals surface area contributed by atoms with Crippen LogP contribution in [0, 0.1) is 11.6 Å². The van der Waals surface area contributed by atoms with E-state index < -0.39 is 11.6 Å². The number of thioether (sulfide) groups is 1. The Morgan fingerprint density at radius 1 is 1.12 bits per heavy atom. The smallest absolute Gasteiger partial charge is 0.232 e. The Labute approximate surface area is 155 Å². The van der Waals surface area contributed by atoms with Crippen LogP contribution in [0.1, 0.15) is 22.8 Å². The molecule has 0 unspecified atom stereocenters. The first-order valence-corrected chi connectivity index (χ1v) is 8.80. The summed E-state index contributed by atoms with van der Waals surface area (Å²) in [6.45, 7) is 1.59. The summed E-state index contributed by atoms with van der Waals surface area (Å²) in [5.74, 6) is -1.29. The molecule has 0 radical (unpaired) electrons. The number of hydrogen-bond donors (Lipinski definition) is 0. The van der Waals surface area contributed by atoms with Gasteiger partial charge in [0.2, 0.25) is 5.91 Å². The van der Waals surface area contributed by atoms with Gasteiger partial charge in [0.05, 0.1) is 12.9 Å². The standard InChI is InChI=1S/C19H19F2NO3S/c1-12(23)14-5-7-18(16(21)9-14)26-11-19(24)22(2)10-13-4-6-17(25-3)15(20)8-13/h4-9H,10-11H2,1-3H3. The predicted molar refractivity (Wildman–Crippen MR) is 96.6 cm³/mol. The molecule has 0 heterocycles. The molecule has 2 aromatic rings. The minimum Gasteiger partial charge on any atom is -0.494 e. The van der Waals surface area contributed by atoms with E-state index in [1.54, 1.807) is 13.1 Å². The third kappa shape index (κ3) is 5.05. The Kier molecular flexibility index (Phi) is 6.74. The monoisotopic (exact) mass is 379 g/mol. The number of halogens is 2. The normalized spacial score (nSPS) is 10.5. The Morgan fingerprint density at radius 2 is 1.85 bits per heavy atom. The summed E-state index contributed by atoms with van der Waals surface area (Å²) < 4.78 is 32.5. The van der Waals surface area contributed by atoms with Crippen LogP contribution in [0.3, 0.4) is 0 Å². The molecule has 0 atom stereocenters. The molecule has 4 nitrogen and oxygen atoms in total. The molecule has 0 spiro atoms. The fourth-order valence-corrected chi connectivity index (χ4v) is 3.12. The van der Waals surface area contributed by atoms with Gasteiger partial charge in [-0.05, 0) is 36.8 Å². The molecular weight excluding hydrogens is 360 g/mol. The molecule has 0 aliphatic heterocycles. The summed E-state index contributed by atoms with van der Waals surface area (Å²) in [7, 11) is 2.98. The van der Waals surface area contributed by atoms with E-state index in [2.05, 4.69) is 0 Å². The molecule has 26 heavy (non-hydrogen) atoms. The third-order valence-electron chi connectivity index (χ3n) is 3.75. The number of carbonyl (C=O) groups excluding carboxylic acids is 2. The van der Waals surface area contributed by atoms with Crippen LogP contribution in [-0.4, -0.2) is 36.5 Å². The van der Waals surface area contributed by atoms with E-state index >= 15 is 0 Å². The maximum atomic E-state index is 14.0. The van der Waals surface area contributed by atoms with Gasteiger partial charge < -0.3 is 9.64 Å². The molecule has 0 saturated carbocycles. The van der Waals surface area contributed by atoms with Crippen molar-refractivity contribution in [3.05, 3.63) is 59.2 Å². The van der Waals surface area contributed by atoms with Crippen LogP contribution >= 0.6 is 11.8 Å². The first-order valence-electron chi connectivity index (χ1n) is 7.81. The Bertz CT molecular complexity index is 826. The SMILES string of the molecule is COc1ccc(CN(C)C(=O)CSc2ccc(C(C)=O)cc2F)cc1F. The van der Waals surface area contributed by atoms with Crippen LogP contribution in [0.4, 0.5) is 8.78 Å². The van der Waals surface area contributed by atoms with E-state index in [9.17, 15) is 18.4 Å². The van der Waals surface area contributed by atoms with E-state index in [4.69, 9.17) is 4.74 Å². The summed E-state index contributed by atoms with van der Waals surface area (Å²) in [4.78, 5) is 25.2. The van der Waals surface area contributed by atoms with Gasteiger partial charge in [-0.15, -0.1) is 11.8 Å². The van der Waals surface area contributed by atoms with Crippen molar-refractivity contribution >= 4 is 23.5 Å². The largest absolute Gasteiger partial charge is 0.494 e. The Morgan fingerprint density at radius 3 is 2.42 bits per heavy atom. The number of methoxy groups -OCH3 is 1. The second kappa shape index (κ2) is 8.80. The minimum atomic E-state index is -0.532. The quantitative estimate of drug-likeness (QED) is 0.540. The van der Waals surface area contributed by atoms with E-state index in [1.807, 2.05) is 0 Å². The second-order valence-corrected chi connectivity index (χ2v) is 6.73. The highest BCUT2D eigenvalue weighted by atomic mass is 32.2. The van der Waals surface area contributed by atoms with Gasteiger partial charge in [-0.3, -0.25) is 9.59 Å². The maximum Gasteiger partial charge on any atom is 0.232 e. The summed E-state index contributed by atoms with van der Waals surface area (Å²) in [6.07, 6.45) is 0. The molecule has 0 bridgehead atoms. The number of ether oxygens (including phenoxy) is 1. The number of rotatable bonds is 7. The third-order valence-corrected chi connectivity index (χ3v) is 4.78. The second-order valence-electron chi connectivity index (χ2n) is 5.71. The zero-order chi connectivity index (χ0) is 19.3. The summed E-state index contributed by atoms with van der Waals surface area (Å²) in [6, 6.07) is 8.68. The molecule has 1 amide bonds. The van der Waals surface area contributed by atoms with Gasteiger partial charge in [-0.25, -0.2) is 8.78 Å². The number of Topliss-reactive ketones (excluding diaryl/α,β-unsaturated/α-hetero) is 1. The van der Waals surface area contributed by atoms with Gasteiger partial charge in [-0.2, -0.15) is 0 Å². The zero-order valence-electron chi connectivity index (χ0n) is 14.7. The molecular formula is C19H19F2NO3S. The first-order chi connectivity index (χ1) is 12.3. The number of ketones is 1. The molecule has 138 valence electrons. The zero-order valence-corrected chi connectivity index (χ0v) is 15.5. The van der Waals surface area contributed by atoms with E-state index in [0.29, 0.717) is 10.5 Å². The van der Waals surface area contributed by atoms with Gasteiger partial charge >= 0.3 is 0 Å². The van der Waals surface area contributed by atoms with E-state index in [-0.39, 0.29) is 35.3 Å². The Balaban J connectivity index is 1.95. The summed E-state index contributed by atoms with van der Waals surface area (Å²) in [5.41, 5.74) is 0.915. The highest BCUT2D eigenvalue weighted by Gasteiger charge is 2.14. The number of carbonyl (C=O) groups is 2. The van der Waals surface area contributed by atoms with Gasteiger partial charge in [-0.1, -0.05) is 12.1 Å². The average molecular weight is 379 g/mol. The average Bonchev–Trinajstić information content (AvgIpc) is 2.60. The first kappa shape index (κ1) is 19.9. The minimum absolute atomic E-state index is 0.0332. The molecule has 0 N–H and O–H groups in total. The van der Waals surface area contributed by atoms with Gasteiger partial charge in [0.15, 0.2) is 17.3 Å². The lowest BCUT2D eigenvalue weighted by molar-refractivity contribution is -0.127. The van der Waals surface area contributed by atoms with Crippen molar-refractivity contribution in [3.63, 3.8) is 0 Å². The summed E-state index contributed by atoms with van der Waals surface area (Å²) >= 11 is 1.05. The van der Waals surface area contributed by atoms with Crippen molar-refractivity contribution in [2.24, 2.45) is 0 Å². The van der Waals surface area contributed by atoms with Crippen molar-refractivity contribution in [3.8, 4) is 5.75 Å². The van der Waals surface area contributed by atoms with Crippen molar-refractivity contribution in [1.29, 1.82) is 0 Å². The maximum absolute atomic E-state index is 14.0. The number of amides is 1. The molecule has 0 aliphatic rings. The lowest BCUT2D eigenvalue weighted by atomic mass is 10.1. The molecule has 0 aromatic heterocycles. The van der Waals surface area contributed by atoms with Gasteiger partial charge in [0.25, 0.3) is 0 Å². The highest BCUT2D eigenvalue weighted by molar-refractivity contribution is 8.00. The van der Waals surface area contributed by atoms with Crippen LogP contribution in [-0.2, 0) is 11.3 Å². The highest BCUT2D eigenvalue weighted by Crippen LogP contribution is 2.24. The van der Waals surface area contributed by atoms with Crippen LogP contribution in [0.15, 0.2) is 41.3 Å². The predicted octanol–water partition coefficient (Wildman–Crippen LogP) is 3.93. The number of nitrogens with zero attached hydrogens (tertiary/aromatic N) is 1. The van der Waals surface area contributed by atoms with Crippen molar-refractivity contribution in [2.75, 3.05) is 19.9 Å². The van der Waals surface area contributed by atoms with Crippen LogP contribution < -0.4 is 4.74 Å². The van der Waals surface area contributed by atoms with Crippen LogP contribution in [0.2, 0.25) is 0 Å². The Hall–Kier alpha value is -2.41. The van der Waals surface area contributed by atoms with E-state index in [1.165, 1.54) is 49.3 Å². The fourth-order valence-electron chi connectivity index (χ4n) is 2.26. The molecule has 2 aromatic carbocycles.